The van der Waals surface area contributed by atoms with Crippen molar-refractivity contribution in [2.45, 2.75) is 17.7 Å². The van der Waals surface area contributed by atoms with Crippen LogP contribution in [0.2, 0.25) is 5.15 Å². The van der Waals surface area contributed by atoms with Crippen molar-refractivity contribution in [1.82, 2.24) is 15.0 Å². The topological polar surface area (TPSA) is 64.7 Å². The molecule has 2 heterocycles. The maximum atomic E-state index is 5.86. The number of anilines is 1. The predicted molar refractivity (Wildman–Crippen MR) is 70.0 cm³/mol. The third-order valence-electron chi connectivity index (χ3n) is 2.01. The normalized spacial score (nSPS) is 10.5. The third-order valence-corrected chi connectivity index (χ3v) is 3.22. The predicted octanol–water partition coefficient (Wildman–Crippen LogP) is 2.71. The summed E-state index contributed by atoms with van der Waals surface area (Å²) < 4.78 is 0. The van der Waals surface area contributed by atoms with Crippen molar-refractivity contribution in [3.05, 3.63) is 41.1 Å². The number of nitrogen functional groups attached to an aromatic ring is 1. The molecule has 0 unspecified atom stereocenters. The molecule has 2 aromatic heterocycles. The molecule has 0 fully saturated rings. The summed E-state index contributed by atoms with van der Waals surface area (Å²) in [6.07, 6.45) is 1.71. The lowest BCUT2D eigenvalue weighted by molar-refractivity contribution is 0.993. The van der Waals surface area contributed by atoms with Gasteiger partial charge in [0.25, 0.3) is 0 Å². The first-order valence-electron chi connectivity index (χ1n) is 4.98. The molecule has 88 valence electrons. The Morgan fingerprint density at radius 2 is 2.24 bits per heavy atom. The van der Waals surface area contributed by atoms with E-state index >= 15 is 0 Å². The molecule has 2 N–H and O–H groups in total. The molecular weight excluding hydrogens is 256 g/mol. The molecule has 0 aliphatic carbocycles. The first-order valence-corrected chi connectivity index (χ1v) is 6.35. The van der Waals surface area contributed by atoms with Crippen LogP contribution in [0, 0.1) is 6.92 Å². The van der Waals surface area contributed by atoms with Crippen LogP contribution in [-0.2, 0) is 5.75 Å². The van der Waals surface area contributed by atoms with Gasteiger partial charge < -0.3 is 5.73 Å². The minimum atomic E-state index is 0.460. The van der Waals surface area contributed by atoms with E-state index < -0.39 is 0 Å². The van der Waals surface area contributed by atoms with E-state index in [0.29, 0.717) is 22.4 Å². The SMILES string of the molecule is Cc1cc(Cl)nc(CSc2ncccc2N)n1. The highest BCUT2D eigenvalue weighted by atomic mass is 35.5. The summed E-state index contributed by atoms with van der Waals surface area (Å²) in [5.74, 6) is 1.29. The van der Waals surface area contributed by atoms with E-state index in [0.717, 1.165) is 10.7 Å². The molecule has 0 atom stereocenters. The number of aromatic nitrogens is 3. The average Bonchev–Trinajstić information content (AvgIpc) is 2.27. The van der Waals surface area contributed by atoms with E-state index in [9.17, 15) is 0 Å². The van der Waals surface area contributed by atoms with Gasteiger partial charge in [0.1, 0.15) is 16.0 Å². The number of pyridine rings is 1. The van der Waals surface area contributed by atoms with E-state index in [4.69, 9.17) is 17.3 Å². The van der Waals surface area contributed by atoms with Crippen LogP contribution in [0.25, 0.3) is 0 Å². The van der Waals surface area contributed by atoms with E-state index in [2.05, 4.69) is 15.0 Å². The molecule has 2 rings (SSSR count). The van der Waals surface area contributed by atoms with Crippen LogP contribution >= 0.6 is 23.4 Å². The van der Waals surface area contributed by atoms with Gasteiger partial charge >= 0.3 is 0 Å². The Kier molecular flexibility index (Phi) is 3.81. The lowest BCUT2D eigenvalue weighted by Crippen LogP contribution is -1.97. The van der Waals surface area contributed by atoms with Crippen LogP contribution in [0.1, 0.15) is 11.5 Å². The van der Waals surface area contributed by atoms with Crippen LogP contribution in [0.3, 0.4) is 0 Å². The number of aryl methyl sites for hydroxylation is 1. The number of halogens is 1. The highest BCUT2D eigenvalue weighted by Gasteiger charge is 2.05. The molecule has 6 heteroatoms. The number of nitrogens with two attached hydrogens (primary N) is 1. The minimum Gasteiger partial charge on any atom is -0.397 e. The molecule has 0 radical (unpaired) electrons. The zero-order valence-corrected chi connectivity index (χ0v) is 10.8. The largest absolute Gasteiger partial charge is 0.397 e. The van der Waals surface area contributed by atoms with Gasteiger partial charge in [-0.3, -0.25) is 0 Å². The summed E-state index contributed by atoms with van der Waals surface area (Å²) in [4.78, 5) is 12.6. The quantitative estimate of drug-likeness (QED) is 0.684. The van der Waals surface area contributed by atoms with Gasteiger partial charge in [0.2, 0.25) is 0 Å². The van der Waals surface area contributed by atoms with E-state index in [-0.39, 0.29) is 0 Å². The summed E-state index contributed by atoms with van der Waals surface area (Å²) in [5, 5.41) is 1.25. The fraction of sp³-hybridized carbons (Fsp3) is 0.182. The number of rotatable bonds is 3. The maximum Gasteiger partial charge on any atom is 0.140 e. The molecule has 4 nitrogen and oxygen atoms in total. The van der Waals surface area contributed by atoms with Gasteiger partial charge in [0.15, 0.2) is 0 Å². The van der Waals surface area contributed by atoms with Gasteiger partial charge in [-0.2, -0.15) is 0 Å². The van der Waals surface area contributed by atoms with E-state index in [1.54, 1.807) is 18.3 Å². The molecule has 0 aliphatic heterocycles. The molecule has 0 aromatic carbocycles. The van der Waals surface area contributed by atoms with Crippen LogP contribution in [0.4, 0.5) is 5.69 Å². The number of thioether (sulfide) groups is 1. The summed E-state index contributed by atoms with van der Waals surface area (Å²) in [7, 11) is 0. The minimum absolute atomic E-state index is 0.460. The van der Waals surface area contributed by atoms with Gasteiger partial charge in [0.05, 0.1) is 11.4 Å². The van der Waals surface area contributed by atoms with Crippen molar-refractivity contribution < 1.29 is 0 Å². The molecule has 17 heavy (non-hydrogen) atoms. The number of nitrogens with zero attached hydrogens (tertiary/aromatic N) is 3. The number of hydrogen-bond donors (Lipinski definition) is 1. The second kappa shape index (κ2) is 5.33. The first-order chi connectivity index (χ1) is 8.15. The molecule has 0 saturated carbocycles. The molecule has 0 amide bonds. The van der Waals surface area contributed by atoms with Crippen LogP contribution in [0.5, 0.6) is 0 Å². The highest BCUT2D eigenvalue weighted by molar-refractivity contribution is 7.98. The molecular formula is C11H11ClN4S. The van der Waals surface area contributed by atoms with Crippen molar-refractivity contribution in [3.8, 4) is 0 Å². The monoisotopic (exact) mass is 266 g/mol. The van der Waals surface area contributed by atoms with Crippen LogP contribution in [-0.4, -0.2) is 15.0 Å². The molecule has 2 aromatic rings. The fourth-order valence-corrected chi connectivity index (χ4v) is 2.33. The van der Waals surface area contributed by atoms with E-state index in [1.807, 2.05) is 13.0 Å². The Labute approximate surface area is 109 Å². The summed E-state index contributed by atoms with van der Waals surface area (Å²) >= 11 is 7.36. The summed E-state index contributed by atoms with van der Waals surface area (Å²) in [6.45, 7) is 1.89. The second-order valence-electron chi connectivity index (χ2n) is 3.43. The maximum absolute atomic E-state index is 5.86. The van der Waals surface area contributed by atoms with Gasteiger partial charge in [0, 0.05) is 11.9 Å². The van der Waals surface area contributed by atoms with E-state index in [1.165, 1.54) is 11.8 Å². The molecule has 0 saturated heterocycles. The van der Waals surface area contributed by atoms with Gasteiger partial charge in [-0.1, -0.05) is 23.4 Å². The van der Waals surface area contributed by atoms with Crippen molar-refractivity contribution in [2.75, 3.05) is 5.73 Å². The lowest BCUT2D eigenvalue weighted by atomic mass is 10.4. The second-order valence-corrected chi connectivity index (χ2v) is 4.79. The Bertz CT molecular complexity index is 512. The Morgan fingerprint density at radius 3 is 2.94 bits per heavy atom. The highest BCUT2D eigenvalue weighted by Crippen LogP contribution is 2.24. The van der Waals surface area contributed by atoms with Gasteiger partial charge in [-0.15, -0.1) is 0 Å². The van der Waals surface area contributed by atoms with Gasteiger partial charge in [-0.05, 0) is 25.1 Å². The molecule has 0 aliphatic rings. The zero-order chi connectivity index (χ0) is 12.3. The van der Waals surface area contributed by atoms with Crippen molar-refractivity contribution >= 4 is 29.1 Å². The first kappa shape index (κ1) is 12.1. The molecule has 0 bridgehead atoms. The molecule has 0 spiro atoms. The Balaban J connectivity index is 2.10. The summed E-state index contributed by atoms with van der Waals surface area (Å²) in [6, 6.07) is 5.35. The van der Waals surface area contributed by atoms with Crippen LogP contribution in [0.15, 0.2) is 29.4 Å². The van der Waals surface area contributed by atoms with Crippen molar-refractivity contribution in [3.63, 3.8) is 0 Å². The van der Waals surface area contributed by atoms with Crippen LogP contribution < -0.4 is 5.73 Å². The Hall–Kier alpha value is -1.33. The average molecular weight is 267 g/mol. The standard InChI is InChI=1S/C11H11ClN4S/c1-7-5-9(12)16-10(15-7)6-17-11-8(13)3-2-4-14-11/h2-5H,6,13H2,1H3. The lowest BCUT2D eigenvalue weighted by Gasteiger charge is -2.04. The van der Waals surface area contributed by atoms with Crippen molar-refractivity contribution in [2.24, 2.45) is 0 Å². The van der Waals surface area contributed by atoms with Crippen molar-refractivity contribution in [1.29, 1.82) is 0 Å². The smallest absolute Gasteiger partial charge is 0.140 e. The fourth-order valence-electron chi connectivity index (χ4n) is 1.31. The zero-order valence-electron chi connectivity index (χ0n) is 9.22. The number of hydrogen-bond acceptors (Lipinski definition) is 5. The third kappa shape index (κ3) is 3.31. The Morgan fingerprint density at radius 1 is 1.41 bits per heavy atom. The summed E-state index contributed by atoms with van der Waals surface area (Å²) in [5.41, 5.74) is 7.31. The van der Waals surface area contributed by atoms with Gasteiger partial charge in [-0.25, -0.2) is 15.0 Å².